The number of nitrogens with zero attached hydrogens (tertiary/aromatic N) is 3. The number of amides is 2. The zero-order valence-electron chi connectivity index (χ0n) is 10.2. The molecule has 0 radical (unpaired) electrons. The van der Waals surface area contributed by atoms with Crippen LogP contribution in [0, 0.1) is 0 Å². The Morgan fingerprint density at radius 2 is 1.95 bits per heavy atom. The third-order valence-corrected chi connectivity index (χ3v) is 2.98. The van der Waals surface area contributed by atoms with Gasteiger partial charge < -0.3 is 14.9 Å². The van der Waals surface area contributed by atoms with Crippen molar-refractivity contribution in [1.82, 2.24) is 14.8 Å². The van der Waals surface area contributed by atoms with Crippen LogP contribution in [0.2, 0.25) is 0 Å². The molecule has 0 aliphatic carbocycles. The molecule has 2 heterocycles. The van der Waals surface area contributed by atoms with Gasteiger partial charge in [-0.05, 0) is 12.1 Å². The Balaban J connectivity index is 2.10. The fraction of sp³-hybridized carbons (Fsp3) is 0.333. The van der Waals surface area contributed by atoms with E-state index in [1.165, 1.54) is 18.3 Å². The van der Waals surface area contributed by atoms with Crippen LogP contribution in [0.3, 0.4) is 0 Å². The number of piperazine rings is 1. The molecule has 0 atom stereocenters. The number of carboxylic acids is 1. The molecule has 0 spiro atoms. The predicted octanol–water partition coefficient (Wildman–Crippen LogP) is -0.306. The van der Waals surface area contributed by atoms with Crippen molar-refractivity contribution in [3.63, 3.8) is 0 Å². The minimum Gasteiger partial charge on any atom is -0.477 e. The Morgan fingerprint density at radius 3 is 2.53 bits per heavy atom. The number of aromatic carboxylic acids is 1. The molecule has 1 aliphatic heterocycles. The van der Waals surface area contributed by atoms with Crippen molar-refractivity contribution in [3.8, 4) is 0 Å². The molecule has 0 unspecified atom stereocenters. The average molecular weight is 263 g/mol. The van der Waals surface area contributed by atoms with Crippen molar-refractivity contribution < 1.29 is 19.5 Å². The first kappa shape index (κ1) is 13.0. The van der Waals surface area contributed by atoms with Crippen molar-refractivity contribution in [2.75, 3.05) is 26.2 Å². The Labute approximate surface area is 109 Å². The second-order valence-corrected chi connectivity index (χ2v) is 4.17. The van der Waals surface area contributed by atoms with Gasteiger partial charge in [0.15, 0.2) is 0 Å². The highest BCUT2D eigenvalue weighted by Crippen LogP contribution is 2.09. The lowest BCUT2D eigenvalue weighted by Gasteiger charge is -2.32. The Bertz CT molecular complexity index is 509. The van der Waals surface area contributed by atoms with Crippen LogP contribution in [-0.2, 0) is 4.79 Å². The Hall–Kier alpha value is -2.44. The molecule has 1 fully saturated rings. The van der Waals surface area contributed by atoms with E-state index in [1.54, 1.807) is 9.80 Å². The molecule has 7 heteroatoms. The topological polar surface area (TPSA) is 90.8 Å². The molecule has 1 saturated heterocycles. The van der Waals surface area contributed by atoms with Crippen molar-refractivity contribution in [1.29, 1.82) is 0 Å². The predicted molar refractivity (Wildman–Crippen MR) is 64.7 cm³/mol. The summed E-state index contributed by atoms with van der Waals surface area (Å²) in [6.07, 6.45) is 2.06. The van der Waals surface area contributed by atoms with Gasteiger partial charge in [0.2, 0.25) is 6.41 Å². The number of hydrogen-bond acceptors (Lipinski definition) is 4. The average Bonchev–Trinajstić information content (AvgIpc) is 2.46. The van der Waals surface area contributed by atoms with Crippen LogP contribution < -0.4 is 0 Å². The lowest BCUT2D eigenvalue weighted by Crippen LogP contribution is -2.48. The van der Waals surface area contributed by atoms with Gasteiger partial charge in [-0.2, -0.15) is 0 Å². The molecule has 1 N–H and O–H groups in total. The molecule has 100 valence electrons. The fourth-order valence-corrected chi connectivity index (χ4v) is 1.89. The number of hydrogen-bond donors (Lipinski definition) is 1. The summed E-state index contributed by atoms with van der Waals surface area (Å²) in [5.74, 6) is -1.41. The highest BCUT2D eigenvalue weighted by atomic mass is 16.4. The van der Waals surface area contributed by atoms with Gasteiger partial charge in [-0.25, -0.2) is 9.78 Å². The van der Waals surface area contributed by atoms with Crippen molar-refractivity contribution in [2.45, 2.75) is 0 Å². The van der Waals surface area contributed by atoms with Crippen LogP contribution in [0.5, 0.6) is 0 Å². The molecule has 0 saturated carbocycles. The molecule has 1 aliphatic rings. The normalized spacial score (nSPS) is 15.2. The van der Waals surface area contributed by atoms with E-state index in [0.29, 0.717) is 31.7 Å². The summed E-state index contributed by atoms with van der Waals surface area (Å²) in [6, 6.07) is 2.75. The second-order valence-electron chi connectivity index (χ2n) is 4.17. The van der Waals surface area contributed by atoms with E-state index in [-0.39, 0.29) is 11.6 Å². The molecule has 1 aromatic rings. The van der Waals surface area contributed by atoms with Crippen molar-refractivity contribution in [2.24, 2.45) is 0 Å². The van der Waals surface area contributed by atoms with E-state index in [2.05, 4.69) is 4.98 Å². The lowest BCUT2D eigenvalue weighted by molar-refractivity contribution is -0.119. The van der Waals surface area contributed by atoms with Gasteiger partial charge >= 0.3 is 5.97 Å². The van der Waals surface area contributed by atoms with Crippen LogP contribution in [0.1, 0.15) is 20.8 Å². The smallest absolute Gasteiger partial charge is 0.354 e. The number of carbonyl (C=O) groups excluding carboxylic acids is 2. The largest absolute Gasteiger partial charge is 0.477 e. The quantitative estimate of drug-likeness (QED) is 0.756. The first-order chi connectivity index (χ1) is 9.11. The molecule has 2 rings (SSSR count). The maximum Gasteiger partial charge on any atom is 0.354 e. The molecule has 2 amide bonds. The maximum atomic E-state index is 12.2. The van der Waals surface area contributed by atoms with Gasteiger partial charge in [0.25, 0.3) is 5.91 Å². The summed E-state index contributed by atoms with van der Waals surface area (Å²) in [7, 11) is 0. The number of pyridine rings is 1. The van der Waals surface area contributed by atoms with Crippen LogP contribution in [0.25, 0.3) is 0 Å². The first-order valence-electron chi connectivity index (χ1n) is 5.80. The third kappa shape index (κ3) is 2.87. The highest BCUT2D eigenvalue weighted by molar-refractivity contribution is 5.96. The molecule has 7 nitrogen and oxygen atoms in total. The SMILES string of the molecule is O=CN1CCN(C(=O)c2ccnc(C(=O)O)c2)CC1. The van der Waals surface area contributed by atoms with Crippen molar-refractivity contribution in [3.05, 3.63) is 29.6 Å². The summed E-state index contributed by atoms with van der Waals surface area (Å²) in [6.45, 7) is 1.88. The maximum absolute atomic E-state index is 12.2. The monoisotopic (exact) mass is 263 g/mol. The van der Waals surface area contributed by atoms with Gasteiger partial charge in [-0.15, -0.1) is 0 Å². The summed E-state index contributed by atoms with van der Waals surface area (Å²) in [5, 5.41) is 8.84. The molecule has 1 aromatic heterocycles. The Kier molecular flexibility index (Phi) is 3.74. The Morgan fingerprint density at radius 1 is 1.26 bits per heavy atom. The van der Waals surface area contributed by atoms with Gasteiger partial charge in [0.1, 0.15) is 5.69 Å². The summed E-state index contributed by atoms with van der Waals surface area (Å²) >= 11 is 0. The highest BCUT2D eigenvalue weighted by Gasteiger charge is 2.22. The summed E-state index contributed by atoms with van der Waals surface area (Å²) in [4.78, 5) is 40.4. The molecular weight excluding hydrogens is 250 g/mol. The van der Waals surface area contributed by atoms with E-state index >= 15 is 0 Å². The third-order valence-electron chi connectivity index (χ3n) is 2.98. The van der Waals surface area contributed by atoms with Crippen LogP contribution in [0.15, 0.2) is 18.3 Å². The van der Waals surface area contributed by atoms with E-state index in [9.17, 15) is 14.4 Å². The van der Waals surface area contributed by atoms with E-state index < -0.39 is 5.97 Å². The van der Waals surface area contributed by atoms with Gasteiger partial charge in [0, 0.05) is 37.9 Å². The molecule has 0 bridgehead atoms. The lowest BCUT2D eigenvalue weighted by atomic mass is 10.2. The van der Waals surface area contributed by atoms with Crippen LogP contribution in [-0.4, -0.2) is 64.4 Å². The molecule has 0 aromatic carbocycles. The van der Waals surface area contributed by atoms with Gasteiger partial charge in [-0.1, -0.05) is 0 Å². The minimum atomic E-state index is -1.17. The standard InChI is InChI=1S/C12H13N3O4/c16-8-14-3-5-15(6-4-14)11(17)9-1-2-13-10(7-9)12(18)19/h1-2,7-8H,3-6H2,(H,18,19). The second kappa shape index (κ2) is 5.47. The zero-order chi connectivity index (χ0) is 13.8. The molecule has 19 heavy (non-hydrogen) atoms. The number of aromatic nitrogens is 1. The zero-order valence-corrected chi connectivity index (χ0v) is 10.2. The first-order valence-corrected chi connectivity index (χ1v) is 5.80. The van der Waals surface area contributed by atoms with Gasteiger partial charge in [-0.3, -0.25) is 9.59 Å². The fourth-order valence-electron chi connectivity index (χ4n) is 1.89. The summed E-state index contributed by atoms with van der Waals surface area (Å²) < 4.78 is 0. The number of carboxylic acid groups (broad SMARTS) is 1. The molecular formula is C12H13N3O4. The van der Waals surface area contributed by atoms with E-state index in [0.717, 1.165) is 6.41 Å². The minimum absolute atomic E-state index is 0.155. The van der Waals surface area contributed by atoms with Crippen LogP contribution in [0.4, 0.5) is 0 Å². The number of rotatable bonds is 3. The van der Waals surface area contributed by atoms with E-state index in [1.807, 2.05) is 0 Å². The van der Waals surface area contributed by atoms with Crippen LogP contribution >= 0.6 is 0 Å². The number of carbonyl (C=O) groups is 3. The van der Waals surface area contributed by atoms with E-state index in [4.69, 9.17) is 5.11 Å². The van der Waals surface area contributed by atoms with Crippen molar-refractivity contribution >= 4 is 18.3 Å². The van der Waals surface area contributed by atoms with Gasteiger partial charge in [0.05, 0.1) is 0 Å². The summed E-state index contributed by atoms with van der Waals surface area (Å²) in [5.41, 5.74) is 0.143.